The fourth-order valence-electron chi connectivity index (χ4n) is 2.45. The maximum Gasteiger partial charge on any atom is 0.254 e. The molecule has 8 heteroatoms. The van der Waals surface area contributed by atoms with Gasteiger partial charge in [0.05, 0.1) is 19.8 Å². The summed E-state index contributed by atoms with van der Waals surface area (Å²) in [5.41, 5.74) is 0.551. The van der Waals surface area contributed by atoms with Crippen LogP contribution in [0.2, 0.25) is 0 Å². The van der Waals surface area contributed by atoms with Gasteiger partial charge in [0.2, 0.25) is 5.88 Å². The Morgan fingerprint density at radius 3 is 3.17 bits per heavy atom. The molecule has 8 nitrogen and oxygen atoms in total. The molecule has 2 aromatic rings. The van der Waals surface area contributed by atoms with Gasteiger partial charge in [-0.25, -0.2) is 9.97 Å². The lowest BCUT2D eigenvalue weighted by Crippen LogP contribution is -2.42. The number of aromatic nitrogens is 4. The molecular formula is C15H19N5O3. The minimum Gasteiger partial charge on any atom is -0.478 e. The Morgan fingerprint density at radius 2 is 2.43 bits per heavy atom. The lowest BCUT2D eigenvalue weighted by Gasteiger charge is -2.31. The van der Waals surface area contributed by atoms with Crippen molar-refractivity contribution in [3.63, 3.8) is 0 Å². The number of amides is 1. The Morgan fingerprint density at radius 1 is 1.57 bits per heavy atom. The second-order valence-electron chi connectivity index (χ2n) is 5.21. The zero-order valence-electron chi connectivity index (χ0n) is 13.2. The molecule has 0 saturated carbocycles. The van der Waals surface area contributed by atoms with E-state index >= 15 is 0 Å². The summed E-state index contributed by atoms with van der Waals surface area (Å²) in [4.78, 5) is 22.8. The predicted molar refractivity (Wildman–Crippen MR) is 81.1 cm³/mol. The molecule has 2 aromatic heterocycles. The van der Waals surface area contributed by atoms with Crippen molar-refractivity contribution in [3.05, 3.63) is 35.5 Å². The number of pyridine rings is 1. The number of H-pyrrole nitrogens is 1. The Hall–Kier alpha value is -2.48. The molecule has 0 aliphatic carbocycles. The van der Waals surface area contributed by atoms with Crippen LogP contribution in [0.25, 0.3) is 0 Å². The van der Waals surface area contributed by atoms with E-state index in [1.54, 1.807) is 23.2 Å². The molecule has 1 aliphatic heterocycles. The number of nitrogens with zero attached hydrogens (tertiary/aromatic N) is 4. The SMILES string of the molecule is CCOc1cc(C(=O)N2CCO[C@H](c3n[nH]c(C)n3)C2)ccn1. The minimum atomic E-state index is -0.314. The standard InChI is InChI=1S/C15H19N5O3/c1-3-22-13-8-11(4-5-16-13)15(21)20-6-7-23-12(9-20)14-17-10(2)18-19-14/h4-5,8,12H,3,6-7,9H2,1-2H3,(H,17,18,19)/t12-/m0/s1. The van der Waals surface area contributed by atoms with Crippen molar-refractivity contribution in [1.29, 1.82) is 0 Å². The number of aryl methyl sites for hydroxylation is 1. The number of hydrogen-bond donors (Lipinski definition) is 1. The Bertz CT molecular complexity index is 687. The topological polar surface area (TPSA) is 93.2 Å². The third kappa shape index (κ3) is 3.48. The summed E-state index contributed by atoms with van der Waals surface area (Å²) in [5, 5.41) is 6.91. The molecule has 122 valence electrons. The van der Waals surface area contributed by atoms with Gasteiger partial charge in [0.15, 0.2) is 5.82 Å². The third-order valence-electron chi connectivity index (χ3n) is 3.53. The molecule has 3 rings (SSSR count). The average molecular weight is 317 g/mol. The molecule has 0 bridgehead atoms. The molecule has 1 atom stereocenters. The van der Waals surface area contributed by atoms with E-state index in [1.807, 2.05) is 13.8 Å². The first kappa shape index (κ1) is 15.4. The first-order valence-corrected chi connectivity index (χ1v) is 7.56. The van der Waals surface area contributed by atoms with E-state index in [4.69, 9.17) is 9.47 Å². The number of ether oxygens (including phenoxy) is 2. The van der Waals surface area contributed by atoms with Gasteiger partial charge in [-0.1, -0.05) is 0 Å². The first-order valence-electron chi connectivity index (χ1n) is 7.56. The van der Waals surface area contributed by atoms with Crippen LogP contribution in [-0.2, 0) is 4.74 Å². The van der Waals surface area contributed by atoms with Crippen molar-refractivity contribution in [3.8, 4) is 5.88 Å². The van der Waals surface area contributed by atoms with Crippen LogP contribution in [0.1, 0.15) is 35.0 Å². The Kier molecular flexibility index (Phi) is 4.52. The van der Waals surface area contributed by atoms with E-state index in [2.05, 4.69) is 20.2 Å². The number of carbonyl (C=O) groups is 1. The van der Waals surface area contributed by atoms with Gasteiger partial charge < -0.3 is 14.4 Å². The molecule has 1 aliphatic rings. The van der Waals surface area contributed by atoms with Crippen LogP contribution in [-0.4, -0.2) is 57.3 Å². The summed E-state index contributed by atoms with van der Waals surface area (Å²) in [5.74, 6) is 1.67. The second kappa shape index (κ2) is 6.74. The van der Waals surface area contributed by atoms with Crippen LogP contribution < -0.4 is 4.74 Å². The van der Waals surface area contributed by atoms with Gasteiger partial charge in [-0.15, -0.1) is 0 Å². The number of carbonyl (C=O) groups excluding carboxylic acids is 1. The fourth-order valence-corrected chi connectivity index (χ4v) is 2.45. The second-order valence-corrected chi connectivity index (χ2v) is 5.21. The monoisotopic (exact) mass is 317 g/mol. The van der Waals surface area contributed by atoms with Crippen LogP contribution in [0, 0.1) is 6.92 Å². The maximum atomic E-state index is 12.7. The van der Waals surface area contributed by atoms with Gasteiger partial charge in [0.1, 0.15) is 11.9 Å². The van der Waals surface area contributed by atoms with E-state index in [0.29, 0.717) is 43.6 Å². The molecule has 1 amide bonds. The van der Waals surface area contributed by atoms with E-state index in [1.165, 1.54) is 0 Å². The van der Waals surface area contributed by atoms with Gasteiger partial charge in [0.25, 0.3) is 5.91 Å². The van der Waals surface area contributed by atoms with Crippen LogP contribution >= 0.6 is 0 Å². The number of hydrogen-bond acceptors (Lipinski definition) is 6. The van der Waals surface area contributed by atoms with Crippen LogP contribution in [0.15, 0.2) is 18.3 Å². The maximum absolute atomic E-state index is 12.7. The van der Waals surface area contributed by atoms with Crippen molar-refractivity contribution in [2.24, 2.45) is 0 Å². The zero-order chi connectivity index (χ0) is 16.2. The summed E-state index contributed by atoms with van der Waals surface area (Å²) >= 11 is 0. The van der Waals surface area contributed by atoms with Crippen molar-refractivity contribution in [2.45, 2.75) is 20.0 Å². The first-order chi connectivity index (χ1) is 11.2. The molecule has 1 N–H and O–H groups in total. The number of aromatic amines is 1. The largest absolute Gasteiger partial charge is 0.478 e. The summed E-state index contributed by atoms with van der Waals surface area (Å²) in [6.45, 7) is 5.62. The quantitative estimate of drug-likeness (QED) is 0.908. The van der Waals surface area contributed by atoms with Crippen LogP contribution in [0.3, 0.4) is 0 Å². The van der Waals surface area contributed by atoms with Gasteiger partial charge in [-0.05, 0) is 19.9 Å². The summed E-state index contributed by atoms with van der Waals surface area (Å²) < 4.78 is 11.0. The van der Waals surface area contributed by atoms with E-state index in [0.717, 1.165) is 5.82 Å². The predicted octanol–water partition coefficient (Wildman–Crippen LogP) is 1.12. The smallest absolute Gasteiger partial charge is 0.254 e. The summed E-state index contributed by atoms with van der Waals surface area (Å²) in [6.07, 6.45) is 1.26. The van der Waals surface area contributed by atoms with Crippen molar-refractivity contribution in [2.75, 3.05) is 26.3 Å². The highest BCUT2D eigenvalue weighted by atomic mass is 16.5. The van der Waals surface area contributed by atoms with Gasteiger partial charge >= 0.3 is 0 Å². The van der Waals surface area contributed by atoms with Crippen molar-refractivity contribution in [1.82, 2.24) is 25.1 Å². The lowest BCUT2D eigenvalue weighted by atomic mass is 10.2. The zero-order valence-corrected chi connectivity index (χ0v) is 13.2. The highest BCUT2D eigenvalue weighted by molar-refractivity contribution is 5.94. The molecule has 0 unspecified atom stereocenters. The van der Waals surface area contributed by atoms with Gasteiger partial charge in [-0.3, -0.25) is 9.89 Å². The van der Waals surface area contributed by atoms with Crippen molar-refractivity contribution < 1.29 is 14.3 Å². The Labute approximate surface area is 133 Å². The molecule has 1 saturated heterocycles. The van der Waals surface area contributed by atoms with Crippen LogP contribution in [0.5, 0.6) is 5.88 Å². The fraction of sp³-hybridized carbons (Fsp3) is 0.467. The molecular weight excluding hydrogens is 298 g/mol. The lowest BCUT2D eigenvalue weighted by molar-refractivity contribution is -0.0266. The molecule has 0 radical (unpaired) electrons. The highest BCUT2D eigenvalue weighted by Gasteiger charge is 2.28. The summed E-state index contributed by atoms with van der Waals surface area (Å²) in [6, 6.07) is 3.35. The highest BCUT2D eigenvalue weighted by Crippen LogP contribution is 2.21. The molecule has 1 fully saturated rings. The molecule has 23 heavy (non-hydrogen) atoms. The third-order valence-corrected chi connectivity index (χ3v) is 3.53. The number of rotatable bonds is 4. The van der Waals surface area contributed by atoms with Crippen LogP contribution in [0.4, 0.5) is 0 Å². The molecule has 0 aromatic carbocycles. The van der Waals surface area contributed by atoms with E-state index in [9.17, 15) is 4.79 Å². The minimum absolute atomic E-state index is 0.0751. The molecule has 0 spiro atoms. The number of morpholine rings is 1. The van der Waals surface area contributed by atoms with Gasteiger partial charge in [0, 0.05) is 24.4 Å². The van der Waals surface area contributed by atoms with E-state index in [-0.39, 0.29) is 12.0 Å². The summed E-state index contributed by atoms with van der Waals surface area (Å²) in [7, 11) is 0. The van der Waals surface area contributed by atoms with Crippen molar-refractivity contribution >= 4 is 5.91 Å². The Balaban J connectivity index is 1.73. The number of nitrogens with one attached hydrogen (secondary N) is 1. The normalized spacial score (nSPS) is 18.0. The van der Waals surface area contributed by atoms with E-state index < -0.39 is 0 Å². The van der Waals surface area contributed by atoms with Gasteiger partial charge in [-0.2, -0.15) is 5.10 Å². The molecule has 3 heterocycles. The average Bonchev–Trinajstić information content (AvgIpc) is 3.01.